The molecule has 0 unspecified atom stereocenters. The van der Waals surface area contributed by atoms with Crippen LogP contribution in [0.4, 0.5) is 0 Å². The molecular weight excluding hydrogens is 234 g/mol. The molecule has 1 N–H and O–H groups in total. The zero-order chi connectivity index (χ0) is 13.0. The van der Waals surface area contributed by atoms with Crippen LogP contribution < -0.4 is 14.8 Å². The van der Waals surface area contributed by atoms with E-state index in [0.29, 0.717) is 23.5 Å². The van der Waals surface area contributed by atoms with Crippen molar-refractivity contribution in [2.24, 2.45) is 0 Å². The Bertz CT molecular complexity index is 470. The molecule has 2 rings (SSSR count). The molecule has 18 heavy (non-hydrogen) atoms. The van der Waals surface area contributed by atoms with Crippen LogP contribution in [0.5, 0.6) is 11.5 Å². The fraction of sp³-hybridized carbons (Fsp3) is 0.385. The van der Waals surface area contributed by atoms with E-state index in [2.05, 4.69) is 5.32 Å². The summed E-state index contributed by atoms with van der Waals surface area (Å²) in [6.45, 7) is 2.11. The van der Waals surface area contributed by atoms with Gasteiger partial charge in [-0.3, -0.25) is 9.59 Å². The van der Waals surface area contributed by atoms with E-state index < -0.39 is 0 Å². The lowest BCUT2D eigenvalue weighted by atomic mass is 10.1. The van der Waals surface area contributed by atoms with Crippen LogP contribution in [-0.4, -0.2) is 25.0 Å². The third-order valence-corrected chi connectivity index (χ3v) is 2.62. The van der Waals surface area contributed by atoms with Gasteiger partial charge in [-0.15, -0.1) is 0 Å². The van der Waals surface area contributed by atoms with Crippen LogP contribution in [0.2, 0.25) is 0 Å². The number of amides is 1. The summed E-state index contributed by atoms with van der Waals surface area (Å²) in [7, 11) is 0. The number of hydrogen-bond acceptors (Lipinski definition) is 4. The number of ketones is 1. The smallest absolute Gasteiger partial charge is 0.231 e. The van der Waals surface area contributed by atoms with E-state index in [-0.39, 0.29) is 25.0 Å². The number of carbonyl (C=O) groups excluding carboxylic acids is 2. The second kappa shape index (κ2) is 5.53. The highest BCUT2D eigenvalue weighted by atomic mass is 16.7. The third-order valence-electron chi connectivity index (χ3n) is 2.62. The van der Waals surface area contributed by atoms with Crippen LogP contribution >= 0.6 is 0 Å². The Balaban J connectivity index is 1.95. The van der Waals surface area contributed by atoms with E-state index in [4.69, 9.17) is 9.47 Å². The van der Waals surface area contributed by atoms with Crippen molar-refractivity contribution < 1.29 is 19.1 Å². The van der Waals surface area contributed by atoms with E-state index in [1.54, 1.807) is 18.2 Å². The molecule has 1 aliphatic heterocycles. The third kappa shape index (κ3) is 2.80. The Labute approximate surface area is 105 Å². The van der Waals surface area contributed by atoms with Crippen molar-refractivity contribution in [3.8, 4) is 11.5 Å². The molecule has 0 bridgehead atoms. The first-order chi connectivity index (χ1) is 8.70. The zero-order valence-corrected chi connectivity index (χ0v) is 10.2. The highest BCUT2D eigenvalue weighted by Crippen LogP contribution is 2.32. The average Bonchev–Trinajstić information content (AvgIpc) is 2.83. The summed E-state index contributed by atoms with van der Waals surface area (Å²) < 4.78 is 10.4. The quantitative estimate of drug-likeness (QED) is 0.803. The van der Waals surface area contributed by atoms with Gasteiger partial charge in [0.25, 0.3) is 0 Å². The summed E-state index contributed by atoms with van der Waals surface area (Å²) >= 11 is 0. The molecule has 5 heteroatoms. The highest BCUT2D eigenvalue weighted by Gasteiger charge is 2.16. The fourth-order valence-corrected chi connectivity index (χ4v) is 1.67. The molecule has 5 nitrogen and oxygen atoms in total. The van der Waals surface area contributed by atoms with Gasteiger partial charge >= 0.3 is 0 Å². The van der Waals surface area contributed by atoms with E-state index in [0.717, 1.165) is 6.42 Å². The van der Waals surface area contributed by atoms with Gasteiger partial charge in [0.1, 0.15) is 0 Å². The molecular formula is C13H15NO4. The maximum atomic E-state index is 11.8. The van der Waals surface area contributed by atoms with Gasteiger partial charge in [-0.05, 0) is 24.6 Å². The number of rotatable bonds is 5. The lowest BCUT2D eigenvalue weighted by molar-refractivity contribution is -0.120. The van der Waals surface area contributed by atoms with Gasteiger partial charge in [0.15, 0.2) is 17.3 Å². The van der Waals surface area contributed by atoms with Gasteiger partial charge in [-0.1, -0.05) is 6.92 Å². The van der Waals surface area contributed by atoms with Crippen molar-refractivity contribution >= 4 is 11.7 Å². The first-order valence-corrected chi connectivity index (χ1v) is 5.90. The fourth-order valence-electron chi connectivity index (χ4n) is 1.67. The minimum absolute atomic E-state index is 0.0124. The predicted octanol–water partition coefficient (Wildman–Crippen LogP) is 1.51. The lowest BCUT2D eigenvalue weighted by Gasteiger charge is -2.04. The summed E-state index contributed by atoms with van der Waals surface area (Å²) in [4.78, 5) is 23.1. The number of ether oxygens (including phenoxy) is 2. The number of hydrogen-bond donors (Lipinski definition) is 1. The second-order valence-corrected chi connectivity index (χ2v) is 4.02. The average molecular weight is 249 g/mol. The summed E-state index contributed by atoms with van der Waals surface area (Å²) in [5, 5.41) is 2.59. The molecule has 96 valence electrons. The first-order valence-electron chi connectivity index (χ1n) is 5.90. The van der Waals surface area contributed by atoms with Crippen LogP contribution in [0.25, 0.3) is 0 Å². The molecule has 0 saturated heterocycles. The molecule has 0 aromatic heterocycles. The Kier molecular flexibility index (Phi) is 3.82. The van der Waals surface area contributed by atoms with Crippen LogP contribution in [0, 0.1) is 0 Å². The molecule has 0 saturated carbocycles. The van der Waals surface area contributed by atoms with Gasteiger partial charge in [-0.25, -0.2) is 0 Å². The molecule has 1 heterocycles. The molecule has 1 aromatic carbocycles. The predicted molar refractivity (Wildman–Crippen MR) is 64.8 cm³/mol. The highest BCUT2D eigenvalue weighted by molar-refractivity contribution is 5.99. The van der Waals surface area contributed by atoms with Crippen molar-refractivity contribution in [2.45, 2.75) is 19.8 Å². The summed E-state index contributed by atoms with van der Waals surface area (Å²) in [5.41, 5.74) is 0.510. The Hall–Kier alpha value is -2.04. The Morgan fingerprint density at radius 1 is 1.28 bits per heavy atom. The lowest BCUT2D eigenvalue weighted by Crippen LogP contribution is -2.29. The van der Waals surface area contributed by atoms with Crippen LogP contribution in [-0.2, 0) is 4.79 Å². The first kappa shape index (κ1) is 12.4. The molecule has 1 amide bonds. The van der Waals surface area contributed by atoms with Gasteiger partial charge in [0.2, 0.25) is 12.7 Å². The molecule has 0 radical (unpaired) electrons. The second-order valence-electron chi connectivity index (χ2n) is 4.02. The SMILES string of the molecule is CCCC(=O)NCC(=O)c1ccc2c(c1)OCO2. The van der Waals surface area contributed by atoms with Crippen molar-refractivity contribution in [3.05, 3.63) is 23.8 Å². The van der Waals surface area contributed by atoms with E-state index in [9.17, 15) is 9.59 Å². The number of benzene rings is 1. The van der Waals surface area contributed by atoms with Crippen LogP contribution in [0.15, 0.2) is 18.2 Å². The standard InChI is InChI=1S/C13H15NO4/c1-2-3-13(16)14-7-10(15)9-4-5-11-12(6-9)18-8-17-11/h4-6H,2-3,7-8H2,1H3,(H,14,16). The van der Waals surface area contributed by atoms with Gasteiger partial charge < -0.3 is 14.8 Å². The number of Topliss-reactive ketones (excluding diaryl/α,β-unsaturated/α-hetero) is 1. The molecule has 0 spiro atoms. The molecule has 0 aliphatic carbocycles. The summed E-state index contributed by atoms with van der Waals surface area (Å²) in [5.74, 6) is 0.964. The van der Waals surface area contributed by atoms with Crippen molar-refractivity contribution in [1.29, 1.82) is 0 Å². The van der Waals surface area contributed by atoms with E-state index in [1.165, 1.54) is 0 Å². The van der Waals surface area contributed by atoms with Crippen LogP contribution in [0.1, 0.15) is 30.1 Å². The van der Waals surface area contributed by atoms with Gasteiger partial charge in [0.05, 0.1) is 6.54 Å². The zero-order valence-electron chi connectivity index (χ0n) is 10.2. The largest absolute Gasteiger partial charge is 0.454 e. The molecule has 1 aliphatic rings. The maximum Gasteiger partial charge on any atom is 0.231 e. The number of nitrogens with one attached hydrogen (secondary N) is 1. The van der Waals surface area contributed by atoms with Gasteiger partial charge in [-0.2, -0.15) is 0 Å². The molecule has 0 fully saturated rings. The van der Waals surface area contributed by atoms with E-state index in [1.807, 2.05) is 6.92 Å². The maximum absolute atomic E-state index is 11.8. The van der Waals surface area contributed by atoms with E-state index >= 15 is 0 Å². The molecule has 1 aromatic rings. The number of fused-ring (bicyclic) bond motifs is 1. The monoisotopic (exact) mass is 249 g/mol. The minimum Gasteiger partial charge on any atom is -0.454 e. The topological polar surface area (TPSA) is 64.6 Å². The molecule has 0 atom stereocenters. The Morgan fingerprint density at radius 2 is 2.06 bits per heavy atom. The normalized spacial score (nSPS) is 12.3. The van der Waals surface area contributed by atoms with Crippen LogP contribution in [0.3, 0.4) is 0 Å². The summed E-state index contributed by atoms with van der Waals surface area (Å²) in [6, 6.07) is 5.00. The van der Waals surface area contributed by atoms with Crippen molar-refractivity contribution in [2.75, 3.05) is 13.3 Å². The van der Waals surface area contributed by atoms with Gasteiger partial charge in [0, 0.05) is 12.0 Å². The number of carbonyl (C=O) groups is 2. The Morgan fingerprint density at radius 3 is 2.83 bits per heavy atom. The minimum atomic E-state index is -0.141. The summed E-state index contributed by atoms with van der Waals surface area (Å²) in [6.07, 6.45) is 1.21. The van der Waals surface area contributed by atoms with Crippen molar-refractivity contribution in [1.82, 2.24) is 5.32 Å². The van der Waals surface area contributed by atoms with Crippen molar-refractivity contribution in [3.63, 3.8) is 0 Å².